The molecule has 0 unspecified atom stereocenters. The van der Waals surface area contributed by atoms with E-state index in [1.165, 1.54) is 16.8 Å². The molecule has 1 aromatic heterocycles. The van der Waals surface area contributed by atoms with Gasteiger partial charge in [0.25, 0.3) is 0 Å². The minimum Gasteiger partial charge on any atom is -0.221 e. The number of aromatic nitrogens is 2. The number of halogens is 2. The second kappa shape index (κ2) is 4.56. The maximum atomic E-state index is 12.8. The van der Waals surface area contributed by atoms with Crippen LogP contribution in [0.2, 0.25) is 5.15 Å². The lowest BCUT2D eigenvalue weighted by molar-refractivity contribution is 0.627. The van der Waals surface area contributed by atoms with Gasteiger partial charge in [0.05, 0.1) is 11.4 Å². The largest absolute Gasteiger partial charge is 0.221 e. The summed E-state index contributed by atoms with van der Waals surface area (Å²) in [5.74, 6) is -0.326. The third kappa shape index (κ3) is 2.02. The molecule has 86 valence electrons. The number of nitriles is 1. The van der Waals surface area contributed by atoms with Gasteiger partial charge in [0, 0.05) is 0 Å². The molecule has 0 N–H and O–H groups in total. The van der Waals surface area contributed by atoms with Crippen molar-refractivity contribution in [3.05, 3.63) is 46.5 Å². The normalized spacial score (nSPS) is 10.2. The lowest BCUT2D eigenvalue weighted by Gasteiger charge is -2.02. The van der Waals surface area contributed by atoms with Gasteiger partial charge in [-0.05, 0) is 30.7 Å². The number of rotatable bonds is 2. The van der Waals surface area contributed by atoms with E-state index in [-0.39, 0.29) is 11.0 Å². The van der Waals surface area contributed by atoms with Crippen LogP contribution in [0.4, 0.5) is 4.39 Å². The highest BCUT2D eigenvalue weighted by atomic mass is 35.5. The Morgan fingerprint density at radius 1 is 1.41 bits per heavy atom. The molecule has 2 rings (SSSR count). The van der Waals surface area contributed by atoms with E-state index in [2.05, 4.69) is 5.10 Å². The number of benzene rings is 1. The molecule has 0 aliphatic rings. The first kappa shape index (κ1) is 11.6. The van der Waals surface area contributed by atoms with E-state index in [0.29, 0.717) is 23.4 Å². The Labute approximate surface area is 103 Å². The number of nitrogens with zero attached hydrogens (tertiary/aromatic N) is 3. The lowest BCUT2D eigenvalue weighted by atomic mass is 10.2. The van der Waals surface area contributed by atoms with Crippen LogP contribution in [0.3, 0.4) is 0 Å². The van der Waals surface area contributed by atoms with E-state index in [1.807, 2.05) is 13.0 Å². The van der Waals surface area contributed by atoms with Gasteiger partial charge in [0.15, 0.2) is 5.15 Å². The minimum atomic E-state index is -0.326. The number of hydrogen-bond donors (Lipinski definition) is 0. The van der Waals surface area contributed by atoms with Crippen LogP contribution in [0.25, 0.3) is 5.69 Å². The Morgan fingerprint density at radius 2 is 2.06 bits per heavy atom. The van der Waals surface area contributed by atoms with Crippen LogP contribution < -0.4 is 0 Å². The van der Waals surface area contributed by atoms with Crippen molar-refractivity contribution in [1.82, 2.24) is 9.78 Å². The molecule has 2 aromatic rings. The maximum absolute atomic E-state index is 12.8. The molecular weight excluding hydrogens is 241 g/mol. The third-order valence-electron chi connectivity index (χ3n) is 2.42. The molecule has 1 heterocycles. The van der Waals surface area contributed by atoms with Gasteiger partial charge < -0.3 is 0 Å². The molecule has 0 bridgehead atoms. The maximum Gasteiger partial charge on any atom is 0.150 e. The van der Waals surface area contributed by atoms with Crippen LogP contribution in [0.1, 0.15) is 18.2 Å². The molecular formula is C12H9ClFN3. The van der Waals surface area contributed by atoms with Gasteiger partial charge in [0.1, 0.15) is 17.4 Å². The van der Waals surface area contributed by atoms with Gasteiger partial charge in [0.2, 0.25) is 0 Å². The van der Waals surface area contributed by atoms with Gasteiger partial charge in [-0.3, -0.25) is 0 Å². The van der Waals surface area contributed by atoms with E-state index in [1.54, 1.807) is 12.1 Å². The lowest BCUT2D eigenvalue weighted by Crippen LogP contribution is -1.97. The predicted molar refractivity (Wildman–Crippen MR) is 62.6 cm³/mol. The van der Waals surface area contributed by atoms with Crippen molar-refractivity contribution in [2.75, 3.05) is 0 Å². The second-order valence-electron chi connectivity index (χ2n) is 3.47. The quantitative estimate of drug-likeness (QED) is 0.821. The molecule has 17 heavy (non-hydrogen) atoms. The molecule has 0 saturated carbocycles. The monoisotopic (exact) mass is 249 g/mol. The van der Waals surface area contributed by atoms with E-state index in [0.717, 1.165) is 0 Å². The van der Waals surface area contributed by atoms with Gasteiger partial charge >= 0.3 is 0 Å². The molecule has 0 saturated heterocycles. The van der Waals surface area contributed by atoms with Crippen molar-refractivity contribution in [3.63, 3.8) is 0 Å². The van der Waals surface area contributed by atoms with Gasteiger partial charge in [-0.2, -0.15) is 10.4 Å². The zero-order valence-corrected chi connectivity index (χ0v) is 9.87. The first-order chi connectivity index (χ1) is 8.17. The third-order valence-corrected chi connectivity index (χ3v) is 2.77. The molecule has 0 fully saturated rings. The average Bonchev–Trinajstić information content (AvgIpc) is 2.66. The highest BCUT2D eigenvalue weighted by Gasteiger charge is 2.15. The van der Waals surface area contributed by atoms with Crippen molar-refractivity contribution in [2.24, 2.45) is 0 Å². The summed E-state index contributed by atoms with van der Waals surface area (Å²) in [6.45, 7) is 1.90. The summed E-state index contributed by atoms with van der Waals surface area (Å²) in [4.78, 5) is 0. The van der Waals surface area contributed by atoms with Gasteiger partial charge in [-0.15, -0.1) is 0 Å². The second-order valence-corrected chi connectivity index (χ2v) is 3.82. The Kier molecular flexibility index (Phi) is 3.12. The van der Waals surface area contributed by atoms with Crippen molar-refractivity contribution in [1.29, 1.82) is 5.26 Å². The number of hydrogen-bond acceptors (Lipinski definition) is 2. The van der Waals surface area contributed by atoms with Crippen molar-refractivity contribution < 1.29 is 4.39 Å². The standard InChI is InChI=1S/C12H9ClFN3/c1-2-11-10(7-15)12(13)17(16-11)9-5-3-8(14)4-6-9/h3-6H,2H2,1H3. The topological polar surface area (TPSA) is 41.6 Å². The molecule has 1 aromatic carbocycles. The van der Waals surface area contributed by atoms with Gasteiger partial charge in [-0.1, -0.05) is 18.5 Å². The summed E-state index contributed by atoms with van der Waals surface area (Å²) in [6, 6.07) is 7.80. The SMILES string of the molecule is CCc1nn(-c2ccc(F)cc2)c(Cl)c1C#N. The summed E-state index contributed by atoms with van der Waals surface area (Å²) in [6.07, 6.45) is 0.622. The highest BCUT2D eigenvalue weighted by molar-refractivity contribution is 6.31. The average molecular weight is 250 g/mol. The molecule has 0 aliphatic carbocycles. The summed E-state index contributed by atoms with van der Waals surface area (Å²) < 4.78 is 14.2. The molecule has 5 heteroatoms. The van der Waals surface area contributed by atoms with Crippen molar-refractivity contribution in [3.8, 4) is 11.8 Å². The Balaban J connectivity index is 2.57. The fourth-order valence-corrected chi connectivity index (χ4v) is 1.84. The van der Waals surface area contributed by atoms with Gasteiger partial charge in [-0.25, -0.2) is 9.07 Å². The smallest absolute Gasteiger partial charge is 0.150 e. The van der Waals surface area contributed by atoms with Crippen LogP contribution in [-0.2, 0) is 6.42 Å². The summed E-state index contributed by atoms with van der Waals surface area (Å²) >= 11 is 6.07. The summed E-state index contributed by atoms with van der Waals surface area (Å²) in [5.41, 5.74) is 1.65. The Bertz CT molecular complexity index is 581. The van der Waals surface area contributed by atoms with Crippen LogP contribution in [0.5, 0.6) is 0 Å². The minimum absolute atomic E-state index is 0.260. The van der Waals surface area contributed by atoms with E-state index < -0.39 is 0 Å². The molecule has 0 aliphatic heterocycles. The zero-order chi connectivity index (χ0) is 12.4. The molecule has 0 spiro atoms. The fraction of sp³-hybridized carbons (Fsp3) is 0.167. The molecule has 3 nitrogen and oxygen atoms in total. The fourth-order valence-electron chi connectivity index (χ4n) is 1.55. The Hall–Kier alpha value is -1.86. The van der Waals surface area contributed by atoms with Crippen LogP contribution in [0, 0.1) is 17.1 Å². The molecule has 0 atom stereocenters. The number of aryl methyl sites for hydroxylation is 1. The van der Waals surface area contributed by atoms with Crippen molar-refractivity contribution in [2.45, 2.75) is 13.3 Å². The summed E-state index contributed by atoms with van der Waals surface area (Å²) in [7, 11) is 0. The molecule has 0 radical (unpaired) electrons. The van der Waals surface area contributed by atoms with E-state index in [4.69, 9.17) is 16.9 Å². The van der Waals surface area contributed by atoms with Crippen molar-refractivity contribution >= 4 is 11.6 Å². The Morgan fingerprint density at radius 3 is 2.53 bits per heavy atom. The first-order valence-electron chi connectivity index (χ1n) is 5.10. The van der Waals surface area contributed by atoms with Crippen LogP contribution >= 0.6 is 11.6 Å². The zero-order valence-electron chi connectivity index (χ0n) is 9.11. The first-order valence-corrected chi connectivity index (χ1v) is 5.48. The summed E-state index contributed by atoms with van der Waals surface area (Å²) in [5, 5.41) is 13.5. The predicted octanol–water partition coefficient (Wildman–Crippen LogP) is 3.10. The highest BCUT2D eigenvalue weighted by Crippen LogP contribution is 2.23. The molecule has 0 amide bonds. The van der Waals surface area contributed by atoms with E-state index in [9.17, 15) is 4.39 Å². The van der Waals surface area contributed by atoms with E-state index >= 15 is 0 Å². The van der Waals surface area contributed by atoms with Crippen LogP contribution in [-0.4, -0.2) is 9.78 Å². The van der Waals surface area contributed by atoms with Crippen LogP contribution in [0.15, 0.2) is 24.3 Å².